The number of pyridine rings is 1. The number of carbonyl (C=O) groups is 1. The van der Waals surface area contributed by atoms with Crippen LogP contribution < -0.4 is 0 Å². The van der Waals surface area contributed by atoms with E-state index in [2.05, 4.69) is 27.0 Å². The number of hydrogen-bond donors (Lipinski definition) is 0. The molecule has 0 aliphatic carbocycles. The fourth-order valence-electron chi connectivity index (χ4n) is 2.02. The molecule has 0 unspecified atom stereocenters. The Hall–Kier alpha value is -2.00. The number of carbonyl (C=O) groups excluding carboxylic acids is 1. The molecule has 0 saturated carbocycles. The summed E-state index contributed by atoms with van der Waals surface area (Å²) >= 11 is 3.42. The molecule has 0 spiro atoms. The van der Waals surface area contributed by atoms with Crippen LogP contribution in [0.4, 0.5) is 0 Å². The molecule has 0 fully saturated rings. The van der Waals surface area contributed by atoms with Gasteiger partial charge in [0.2, 0.25) is 0 Å². The minimum absolute atomic E-state index is 0.669. The van der Waals surface area contributed by atoms with Gasteiger partial charge in [0, 0.05) is 27.2 Å². The van der Waals surface area contributed by atoms with Gasteiger partial charge in [-0.05, 0) is 42.0 Å². The van der Waals surface area contributed by atoms with Crippen molar-refractivity contribution in [1.29, 1.82) is 0 Å². The zero-order chi connectivity index (χ0) is 13.2. The minimum Gasteiger partial charge on any atom is -0.298 e. The maximum atomic E-state index is 10.8. The first-order valence-electron chi connectivity index (χ1n) is 5.87. The normalized spacial score (nSPS) is 10.6. The second kappa shape index (κ2) is 4.94. The lowest BCUT2D eigenvalue weighted by atomic mass is 10.0. The number of rotatable bonds is 2. The van der Waals surface area contributed by atoms with Gasteiger partial charge in [0.1, 0.15) is 6.29 Å². The molecule has 3 heteroatoms. The minimum atomic E-state index is 0.669. The fraction of sp³-hybridized carbons (Fsp3) is 0. The van der Waals surface area contributed by atoms with Crippen molar-refractivity contribution < 1.29 is 4.79 Å². The molecule has 0 radical (unpaired) electrons. The number of benzene rings is 2. The molecular formula is C16H10BrNO. The molecule has 1 heterocycles. The van der Waals surface area contributed by atoms with Gasteiger partial charge in [-0.25, -0.2) is 0 Å². The molecule has 0 bridgehead atoms. The number of hydrogen-bond acceptors (Lipinski definition) is 2. The summed E-state index contributed by atoms with van der Waals surface area (Å²) in [4.78, 5) is 15.2. The zero-order valence-corrected chi connectivity index (χ0v) is 11.6. The highest BCUT2D eigenvalue weighted by atomic mass is 79.9. The number of aromatic nitrogens is 1. The highest BCUT2D eigenvalue weighted by Gasteiger charge is 2.02. The van der Waals surface area contributed by atoms with Crippen molar-refractivity contribution >= 4 is 33.1 Å². The van der Waals surface area contributed by atoms with Gasteiger partial charge in [-0.1, -0.05) is 28.1 Å². The van der Waals surface area contributed by atoms with Crippen molar-refractivity contribution in [3.63, 3.8) is 0 Å². The first-order valence-corrected chi connectivity index (χ1v) is 6.66. The summed E-state index contributed by atoms with van der Waals surface area (Å²) in [6, 6.07) is 15.6. The Morgan fingerprint density at radius 3 is 2.47 bits per heavy atom. The molecular weight excluding hydrogens is 302 g/mol. The summed E-state index contributed by atoms with van der Waals surface area (Å²) in [5, 5.41) is 0.977. The molecule has 0 aliphatic heterocycles. The maximum absolute atomic E-state index is 10.8. The van der Waals surface area contributed by atoms with Gasteiger partial charge in [0.25, 0.3) is 0 Å². The molecule has 3 rings (SSSR count). The van der Waals surface area contributed by atoms with E-state index in [1.807, 2.05) is 42.6 Å². The van der Waals surface area contributed by atoms with Gasteiger partial charge in [0.15, 0.2) is 0 Å². The lowest BCUT2D eigenvalue weighted by molar-refractivity contribution is 0.112. The van der Waals surface area contributed by atoms with Crippen molar-refractivity contribution in [2.75, 3.05) is 0 Å². The third-order valence-electron chi connectivity index (χ3n) is 3.02. The van der Waals surface area contributed by atoms with Crippen molar-refractivity contribution in [2.45, 2.75) is 0 Å². The molecule has 2 nitrogen and oxygen atoms in total. The average Bonchev–Trinajstić information content (AvgIpc) is 2.47. The van der Waals surface area contributed by atoms with Crippen LogP contribution in [0.2, 0.25) is 0 Å². The molecule has 92 valence electrons. The number of halogens is 1. The van der Waals surface area contributed by atoms with Gasteiger partial charge >= 0.3 is 0 Å². The molecule has 0 saturated heterocycles. The van der Waals surface area contributed by atoms with E-state index in [4.69, 9.17) is 0 Å². The van der Waals surface area contributed by atoms with Gasteiger partial charge in [0.05, 0.1) is 5.52 Å². The van der Waals surface area contributed by atoms with E-state index in [1.54, 1.807) is 6.07 Å². The van der Waals surface area contributed by atoms with Crippen LogP contribution in [0.25, 0.3) is 22.0 Å². The van der Waals surface area contributed by atoms with Crippen LogP contribution in [-0.2, 0) is 0 Å². The average molecular weight is 312 g/mol. The van der Waals surface area contributed by atoms with Crippen LogP contribution in [0.3, 0.4) is 0 Å². The van der Waals surface area contributed by atoms with E-state index in [-0.39, 0.29) is 0 Å². The Morgan fingerprint density at radius 1 is 0.947 bits per heavy atom. The molecule has 1 aromatic heterocycles. The predicted molar refractivity (Wildman–Crippen MR) is 80.3 cm³/mol. The van der Waals surface area contributed by atoms with E-state index in [1.165, 1.54) is 0 Å². The standard InChI is InChI=1S/C16H10BrNO/c17-15-4-2-12(3-5-15)14-8-13-7-11(10-19)1-6-16(13)18-9-14/h1-10H. The van der Waals surface area contributed by atoms with Crippen molar-refractivity contribution in [3.8, 4) is 11.1 Å². The Bertz CT molecular complexity index is 750. The Balaban J connectivity index is 2.14. The van der Waals surface area contributed by atoms with Gasteiger partial charge in [-0.3, -0.25) is 9.78 Å². The molecule has 0 atom stereocenters. The Labute approximate surface area is 119 Å². The van der Waals surface area contributed by atoms with Crippen molar-refractivity contribution in [2.24, 2.45) is 0 Å². The Kier molecular flexibility index (Phi) is 3.13. The molecule has 3 aromatic rings. The zero-order valence-electron chi connectivity index (χ0n) is 10.0. The highest BCUT2D eigenvalue weighted by molar-refractivity contribution is 9.10. The monoisotopic (exact) mass is 311 g/mol. The fourth-order valence-corrected chi connectivity index (χ4v) is 2.29. The van der Waals surface area contributed by atoms with E-state index in [9.17, 15) is 4.79 Å². The summed E-state index contributed by atoms with van der Waals surface area (Å²) in [5.74, 6) is 0. The topological polar surface area (TPSA) is 30.0 Å². The van der Waals surface area contributed by atoms with Crippen LogP contribution in [0.5, 0.6) is 0 Å². The van der Waals surface area contributed by atoms with E-state index in [0.717, 1.165) is 32.8 Å². The summed E-state index contributed by atoms with van der Waals surface area (Å²) in [7, 11) is 0. The van der Waals surface area contributed by atoms with Gasteiger partial charge < -0.3 is 0 Å². The highest BCUT2D eigenvalue weighted by Crippen LogP contribution is 2.24. The van der Waals surface area contributed by atoms with E-state index < -0.39 is 0 Å². The third kappa shape index (κ3) is 2.42. The van der Waals surface area contributed by atoms with Crippen molar-refractivity contribution in [3.05, 3.63) is 64.8 Å². The van der Waals surface area contributed by atoms with Crippen LogP contribution in [-0.4, -0.2) is 11.3 Å². The van der Waals surface area contributed by atoms with E-state index in [0.29, 0.717) is 5.56 Å². The largest absolute Gasteiger partial charge is 0.298 e. The summed E-state index contributed by atoms with van der Waals surface area (Å²) in [6.07, 6.45) is 2.71. The number of fused-ring (bicyclic) bond motifs is 1. The number of nitrogens with zero attached hydrogens (tertiary/aromatic N) is 1. The smallest absolute Gasteiger partial charge is 0.150 e. The van der Waals surface area contributed by atoms with Crippen molar-refractivity contribution in [1.82, 2.24) is 4.98 Å². The first-order chi connectivity index (χ1) is 9.26. The lowest BCUT2D eigenvalue weighted by Crippen LogP contribution is -1.85. The molecule has 19 heavy (non-hydrogen) atoms. The van der Waals surface area contributed by atoms with Crippen LogP contribution in [0, 0.1) is 0 Å². The predicted octanol–water partition coefficient (Wildman–Crippen LogP) is 4.48. The first kappa shape index (κ1) is 12.1. The Morgan fingerprint density at radius 2 is 1.74 bits per heavy atom. The second-order valence-corrected chi connectivity index (χ2v) is 5.22. The maximum Gasteiger partial charge on any atom is 0.150 e. The van der Waals surface area contributed by atoms with Gasteiger partial charge in [-0.2, -0.15) is 0 Å². The molecule has 0 aliphatic rings. The SMILES string of the molecule is O=Cc1ccc2ncc(-c3ccc(Br)cc3)cc2c1. The summed E-state index contributed by atoms with van der Waals surface area (Å²) in [5.41, 5.74) is 3.71. The quantitative estimate of drug-likeness (QED) is 0.653. The van der Waals surface area contributed by atoms with Crippen LogP contribution >= 0.6 is 15.9 Å². The number of aldehydes is 1. The van der Waals surface area contributed by atoms with Gasteiger partial charge in [-0.15, -0.1) is 0 Å². The molecule has 0 N–H and O–H groups in total. The van der Waals surface area contributed by atoms with Crippen LogP contribution in [0.15, 0.2) is 59.2 Å². The third-order valence-corrected chi connectivity index (χ3v) is 3.55. The summed E-state index contributed by atoms with van der Waals surface area (Å²) in [6.45, 7) is 0. The van der Waals surface area contributed by atoms with Crippen LogP contribution in [0.1, 0.15) is 10.4 Å². The molecule has 2 aromatic carbocycles. The molecule has 0 amide bonds. The van der Waals surface area contributed by atoms with E-state index >= 15 is 0 Å². The summed E-state index contributed by atoms with van der Waals surface area (Å²) < 4.78 is 1.05. The lowest BCUT2D eigenvalue weighted by Gasteiger charge is -2.04. The second-order valence-electron chi connectivity index (χ2n) is 4.30.